The van der Waals surface area contributed by atoms with Crippen LogP contribution in [0.5, 0.6) is 17.2 Å². The minimum atomic E-state index is -0.763. The maximum atomic E-state index is 13.2. The van der Waals surface area contributed by atoms with E-state index in [4.69, 9.17) is 14.2 Å². The fourth-order valence-corrected chi connectivity index (χ4v) is 4.38. The van der Waals surface area contributed by atoms with E-state index in [0.717, 1.165) is 11.1 Å². The summed E-state index contributed by atoms with van der Waals surface area (Å²) in [6.07, 6.45) is 0.658. The van der Waals surface area contributed by atoms with Gasteiger partial charge in [0.1, 0.15) is 11.5 Å². The van der Waals surface area contributed by atoms with Crippen LogP contribution in [0.15, 0.2) is 35.9 Å². The second-order valence-corrected chi connectivity index (χ2v) is 8.00. The van der Waals surface area contributed by atoms with Gasteiger partial charge in [-0.15, -0.1) is 0 Å². The predicted molar refractivity (Wildman–Crippen MR) is 126 cm³/mol. The van der Waals surface area contributed by atoms with Gasteiger partial charge in [-0.05, 0) is 62.1 Å². The Hall–Kier alpha value is -3.48. The third-order valence-corrected chi connectivity index (χ3v) is 5.69. The molecule has 1 unspecified atom stereocenters. The quantitative estimate of drug-likeness (QED) is 0.359. The summed E-state index contributed by atoms with van der Waals surface area (Å²) < 4.78 is 16.6. The van der Waals surface area contributed by atoms with Crippen molar-refractivity contribution in [2.75, 3.05) is 27.4 Å². The molecular weight excluding hydrogens is 422 g/mol. The zero-order chi connectivity index (χ0) is 24.3. The number of methoxy groups -OCH3 is 2. The molecule has 176 valence electrons. The number of hydrogen-bond acceptors (Lipinski definition) is 6. The first kappa shape index (κ1) is 24.2. The van der Waals surface area contributed by atoms with Crippen LogP contribution in [0.1, 0.15) is 48.6 Å². The molecule has 2 aromatic carbocycles. The fourth-order valence-electron chi connectivity index (χ4n) is 4.38. The lowest BCUT2D eigenvalue weighted by Gasteiger charge is -2.26. The number of aliphatic hydroxyl groups is 1. The molecule has 1 saturated heterocycles. The summed E-state index contributed by atoms with van der Waals surface area (Å²) in [5.41, 5.74) is 2.79. The number of rotatable bonds is 8. The Balaban J connectivity index is 2.29. The molecule has 0 aliphatic carbocycles. The molecule has 1 N–H and O–H groups in total. The third kappa shape index (κ3) is 4.40. The summed E-state index contributed by atoms with van der Waals surface area (Å²) in [6, 6.07) is 8.20. The van der Waals surface area contributed by atoms with Gasteiger partial charge in [0, 0.05) is 6.54 Å². The van der Waals surface area contributed by atoms with E-state index < -0.39 is 17.7 Å². The number of hydrogen-bond donors (Lipinski definition) is 1. The molecule has 0 spiro atoms. The van der Waals surface area contributed by atoms with Gasteiger partial charge in [-0.25, -0.2) is 0 Å². The Morgan fingerprint density at radius 1 is 1.03 bits per heavy atom. The van der Waals surface area contributed by atoms with Crippen LogP contribution in [0.3, 0.4) is 0 Å². The van der Waals surface area contributed by atoms with Crippen LogP contribution in [-0.2, 0) is 9.59 Å². The van der Waals surface area contributed by atoms with Crippen LogP contribution in [0, 0.1) is 13.8 Å². The van der Waals surface area contributed by atoms with E-state index in [-0.39, 0.29) is 11.3 Å². The van der Waals surface area contributed by atoms with Gasteiger partial charge in [0.2, 0.25) is 0 Å². The molecule has 1 aliphatic rings. The number of nitrogens with zero attached hydrogens (tertiary/aromatic N) is 1. The van der Waals surface area contributed by atoms with Crippen LogP contribution in [0.2, 0.25) is 0 Å². The highest BCUT2D eigenvalue weighted by molar-refractivity contribution is 6.46. The van der Waals surface area contributed by atoms with Crippen molar-refractivity contribution in [2.24, 2.45) is 0 Å². The van der Waals surface area contributed by atoms with Crippen LogP contribution < -0.4 is 14.2 Å². The number of aliphatic hydroxyl groups excluding tert-OH is 1. The minimum Gasteiger partial charge on any atom is -0.507 e. The van der Waals surface area contributed by atoms with Crippen molar-refractivity contribution in [3.8, 4) is 17.2 Å². The van der Waals surface area contributed by atoms with Crippen molar-refractivity contribution < 1.29 is 28.9 Å². The number of Topliss-reactive ketones (excluding diaryl/α,β-unsaturated/α-hetero) is 1. The van der Waals surface area contributed by atoms with Gasteiger partial charge in [-0.1, -0.05) is 19.1 Å². The molecule has 3 rings (SSSR count). The summed E-state index contributed by atoms with van der Waals surface area (Å²) in [5.74, 6) is -0.105. The molecule has 7 heteroatoms. The molecule has 1 heterocycles. The van der Waals surface area contributed by atoms with E-state index in [2.05, 4.69) is 0 Å². The fraction of sp³-hybridized carbons (Fsp3) is 0.385. The number of ether oxygens (including phenoxy) is 3. The SMILES string of the molecule is CCCN1C(=O)C(=O)/C(=C(/O)c2cc(C)cc(C)c2OC)C1c1ccc(OC)c(OCC)c1. The van der Waals surface area contributed by atoms with Crippen molar-refractivity contribution in [3.05, 3.63) is 58.2 Å². The van der Waals surface area contributed by atoms with Crippen LogP contribution in [0.4, 0.5) is 0 Å². The highest BCUT2D eigenvalue weighted by Crippen LogP contribution is 2.43. The van der Waals surface area contributed by atoms with Gasteiger partial charge in [0.05, 0.1) is 38.0 Å². The normalized spacial score (nSPS) is 17.4. The van der Waals surface area contributed by atoms with E-state index in [9.17, 15) is 14.7 Å². The average Bonchev–Trinajstić information content (AvgIpc) is 3.03. The Morgan fingerprint density at radius 2 is 1.76 bits per heavy atom. The number of carbonyl (C=O) groups excluding carboxylic acids is 2. The van der Waals surface area contributed by atoms with Crippen LogP contribution >= 0.6 is 0 Å². The smallest absolute Gasteiger partial charge is 0.295 e. The second kappa shape index (κ2) is 9.98. The molecule has 1 atom stereocenters. The first-order valence-corrected chi connectivity index (χ1v) is 11.0. The molecule has 1 fully saturated rings. The van der Waals surface area contributed by atoms with Crippen LogP contribution in [-0.4, -0.2) is 49.1 Å². The summed E-state index contributed by atoms with van der Waals surface area (Å²) in [4.78, 5) is 27.7. The van der Waals surface area contributed by atoms with E-state index >= 15 is 0 Å². The zero-order valence-electron chi connectivity index (χ0n) is 20.0. The maximum Gasteiger partial charge on any atom is 0.295 e. The van der Waals surface area contributed by atoms with E-state index in [1.807, 2.05) is 33.8 Å². The third-order valence-electron chi connectivity index (χ3n) is 5.69. The Bertz CT molecular complexity index is 1100. The van der Waals surface area contributed by atoms with Crippen molar-refractivity contribution in [2.45, 2.75) is 40.2 Å². The zero-order valence-corrected chi connectivity index (χ0v) is 20.0. The first-order chi connectivity index (χ1) is 15.8. The highest BCUT2D eigenvalue weighted by atomic mass is 16.5. The topological polar surface area (TPSA) is 85.3 Å². The van der Waals surface area contributed by atoms with Crippen molar-refractivity contribution >= 4 is 17.4 Å². The first-order valence-electron chi connectivity index (χ1n) is 11.0. The minimum absolute atomic E-state index is 0.0318. The van der Waals surface area contributed by atoms with Gasteiger partial charge >= 0.3 is 0 Å². The number of amides is 1. The Labute approximate surface area is 194 Å². The van der Waals surface area contributed by atoms with E-state index in [1.165, 1.54) is 12.0 Å². The van der Waals surface area contributed by atoms with Crippen molar-refractivity contribution in [1.29, 1.82) is 0 Å². The van der Waals surface area contributed by atoms with Crippen molar-refractivity contribution in [3.63, 3.8) is 0 Å². The molecule has 2 aromatic rings. The largest absolute Gasteiger partial charge is 0.507 e. The Kier molecular flexibility index (Phi) is 7.31. The molecule has 0 saturated carbocycles. The van der Waals surface area contributed by atoms with Gasteiger partial charge in [0.15, 0.2) is 11.5 Å². The highest BCUT2D eigenvalue weighted by Gasteiger charge is 2.46. The van der Waals surface area contributed by atoms with Crippen molar-refractivity contribution in [1.82, 2.24) is 4.90 Å². The molecule has 33 heavy (non-hydrogen) atoms. The molecule has 7 nitrogen and oxygen atoms in total. The lowest BCUT2D eigenvalue weighted by molar-refractivity contribution is -0.139. The molecule has 0 bridgehead atoms. The lowest BCUT2D eigenvalue weighted by Crippen LogP contribution is -2.30. The summed E-state index contributed by atoms with van der Waals surface area (Å²) >= 11 is 0. The molecular formula is C26H31NO6. The molecule has 1 amide bonds. The summed E-state index contributed by atoms with van der Waals surface area (Å²) in [7, 11) is 3.06. The van der Waals surface area contributed by atoms with Gasteiger partial charge < -0.3 is 24.2 Å². The van der Waals surface area contributed by atoms with E-state index in [0.29, 0.717) is 47.9 Å². The monoisotopic (exact) mass is 453 g/mol. The molecule has 0 aromatic heterocycles. The standard InChI is InChI=1S/C26H31NO6/c1-7-11-27-22(17-9-10-19(31-5)20(14-17)33-8-2)21(24(29)26(27)30)23(28)18-13-15(3)12-16(4)25(18)32-6/h9-10,12-14,22,28H,7-8,11H2,1-6H3/b23-21+. The lowest BCUT2D eigenvalue weighted by atomic mass is 9.93. The second-order valence-electron chi connectivity index (χ2n) is 8.00. The van der Waals surface area contributed by atoms with Gasteiger partial charge in [0.25, 0.3) is 11.7 Å². The Morgan fingerprint density at radius 3 is 2.36 bits per heavy atom. The predicted octanol–water partition coefficient (Wildman–Crippen LogP) is 4.55. The number of carbonyl (C=O) groups is 2. The maximum absolute atomic E-state index is 13.2. The number of aryl methyl sites for hydroxylation is 2. The average molecular weight is 454 g/mol. The van der Waals surface area contributed by atoms with Gasteiger partial charge in [-0.3, -0.25) is 9.59 Å². The molecule has 0 radical (unpaired) electrons. The number of benzene rings is 2. The summed E-state index contributed by atoms with van der Waals surface area (Å²) in [6.45, 7) is 8.35. The number of ketones is 1. The van der Waals surface area contributed by atoms with Gasteiger partial charge in [-0.2, -0.15) is 0 Å². The number of likely N-dealkylation sites (tertiary alicyclic amines) is 1. The van der Waals surface area contributed by atoms with E-state index in [1.54, 1.807) is 31.4 Å². The van der Waals surface area contributed by atoms with Crippen LogP contribution in [0.25, 0.3) is 5.76 Å². The summed E-state index contributed by atoms with van der Waals surface area (Å²) in [5, 5.41) is 11.4. The molecule has 1 aliphatic heterocycles.